The normalized spacial score (nSPS) is 22.6. The minimum Gasteiger partial charge on any atom is -0.465 e. The van der Waals surface area contributed by atoms with E-state index in [0.29, 0.717) is 6.07 Å². The van der Waals surface area contributed by atoms with Gasteiger partial charge >= 0.3 is 12.3 Å². The molecule has 0 aromatic carbocycles. The zero-order valence-electron chi connectivity index (χ0n) is 10.7. The van der Waals surface area contributed by atoms with E-state index < -0.39 is 29.9 Å². The summed E-state index contributed by atoms with van der Waals surface area (Å²) in [5.41, 5.74) is -2.18. The third-order valence-electron chi connectivity index (χ3n) is 3.59. The number of carbonyl (C=O) groups is 1. The molecule has 21 heavy (non-hydrogen) atoms. The van der Waals surface area contributed by atoms with Gasteiger partial charge in [-0.25, -0.2) is 9.78 Å². The van der Waals surface area contributed by atoms with Crippen molar-refractivity contribution in [2.24, 2.45) is 0 Å². The summed E-state index contributed by atoms with van der Waals surface area (Å²) in [5, 5.41) is 18.2. The summed E-state index contributed by atoms with van der Waals surface area (Å²) in [6.07, 6.45) is -5.60. The van der Waals surface area contributed by atoms with Gasteiger partial charge in [-0.3, -0.25) is 0 Å². The summed E-state index contributed by atoms with van der Waals surface area (Å²) in [4.78, 5) is 15.8. The lowest BCUT2D eigenvalue weighted by molar-refractivity contribution is -0.137. The van der Waals surface area contributed by atoms with Crippen LogP contribution in [0.25, 0.3) is 0 Å². The maximum atomic E-state index is 12.8. The predicted octanol–water partition coefficient (Wildman–Crippen LogP) is 2.37. The highest BCUT2D eigenvalue weighted by Crippen LogP contribution is 2.37. The number of halogens is 4. The Balaban J connectivity index is 2.44. The summed E-state index contributed by atoms with van der Waals surface area (Å²) in [6.45, 7) is -0.518. The van der Waals surface area contributed by atoms with E-state index >= 15 is 0 Å². The van der Waals surface area contributed by atoms with Crippen LogP contribution in [0.2, 0.25) is 5.15 Å². The van der Waals surface area contributed by atoms with Gasteiger partial charge in [0.15, 0.2) is 0 Å². The minimum absolute atomic E-state index is 0.0476. The smallest absolute Gasteiger partial charge is 0.416 e. The molecular formula is C12H12ClF3N2O3. The Morgan fingerprint density at radius 3 is 2.62 bits per heavy atom. The van der Waals surface area contributed by atoms with E-state index in [9.17, 15) is 23.1 Å². The number of aliphatic hydroxyl groups excluding tert-OH is 1. The lowest BCUT2D eigenvalue weighted by Crippen LogP contribution is -2.37. The number of hydrogen-bond donors (Lipinski definition) is 2. The van der Waals surface area contributed by atoms with Crippen molar-refractivity contribution in [3.8, 4) is 0 Å². The second-order valence-electron chi connectivity index (χ2n) is 4.95. The first-order chi connectivity index (χ1) is 9.68. The van der Waals surface area contributed by atoms with Crippen LogP contribution in [0.1, 0.15) is 17.7 Å². The van der Waals surface area contributed by atoms with Crippen molar-refractivity contribution in [2.45, 2.75) is 18.0 Å². The summed E-state index contributed by atoms with van der Waals surface area (Å²) >= 11 is 5.63. The van der Waals surface area contributed by atoms with Gasteiger partial charge in [0.05, 0.1) is 23.3 Å². The largest absolute Gasteiger partial charge is 0.465 e. The van der Waals surface area contributed by atoms with E-state index in [0.717, 1.165) is 11.0 Å². The summed E-state index contributed by atoms with van der Waals surface area (Å²) in [5.74, 6) is 0. The lowest BCUT2D eigenvalue weighted by atomic mass is 9.83. The van der Waals surface area contributed by atoms with Gasteiger partial charge in [0.1, 0.15) is 5.15 Å². The van der Waals surface area contributed by atoms with Crippen LogP contribution in [0.5, 0.6) is 0 Å². The molecule has 1 unspecified atom stereocenters. The maximum Gasteiger partial charge on any atom is 0.416 e. The van der Waals surface area contributed by atoms with E-state index in [-0.39, 0.29) is 30.4 Å². The Hall–Kier alpha value is -1.54. The summed E-state index contributed by atoms with van der Waals surface area (Å²) in [7, 11) is 0. The van der Waals surface area contributed by atoms with Crippen molar-refractivity contribution in [1.29, 1.82) is 0 Å². The van der Waals surface area contributed by atoms with E-state index in [2.05, 4.69) is 4.98 Å². The highest BCUT2D eigenvalue weighted by Gasteiger charge is 2.43. The molecule has 0 saturated carbocycles. The summed E-state index contributed by atoms with van der Waals surface area (Å²) in [6, 6.07) is 1.51. The van der Waals surface area contributed by atoms with Gasteiger partial charge in [0, 0.05) is 13.1 Å². The Labute approximate surface area is 123 Å². The molecule has 2 heterocycles. The molecule has 1 aliphatic rings. The number of rotatable bonds is 2. The zero-order chi connectivity index (χ0) is 15.8. The zero-order valence-corrected chi connectivity index (χ0v) is 11.4. The molecule has 0 aliphatic carbocycles. The number of pyridine rings is 1. The molecule has 1 atom stereocenters. The van der Waals surface area contributed by atoms with Crippen LogP contribution in [0.3, 0.4) is 0 Å². The van der Waals surface area contributed by atoms with Gasteiger partial charge in [-0.15, -0.1) is 0 Å². The van der Waals surface area contributed by atoms with Crippen molar-refractivity contribution in [3.05, 3.63) is 28.5 Å². The number of alkyl halides is 3. The van der Waals surface area contributed by atoms with Gasteiger partial charge in [0.2, 0.25) is 0 Å². The highest BCUT2D eigenvalue weighted by atomic mass is 35.5. The van der Waals surface area contributed by atoms with Crippen LogP contribution in [0.15, 0.2) is 12.1 Å². The fourth-order valence-electron chi connectivity index (χ4n) is 2.39. The predicted molar refractivity (Wildman–Crippen MR) is 67.2 cm³/mol. The Morgan fingerprint density at radius 1 is 1.48 bits per heavy atom. The van der Waals surface area contributed by atoms with Crippen molar-refractivity contribution in [2.75, 3.05) is 19.7 Å². The first kappa shape index (κ1) is 15.8. The van der Waals surface area contributed by atoms with Crippen LogP contribution >= 0.6 is 11.6 Å². The number of hydrogen-bond acceptors (Lipinski definition) is 3. The molecule has 0 bridgehead atoms. The van der Waals surface area contributed by atoms with Crippen molar-refractivity contribution >= 4 is 17.7 Å². The van der Waals surface area contributed by atoms with Crippen LogP contribution in [0, 0.1) is 0 Å². The van der Waals surface area contributed by atoms with E-state index in [1.807, 2.05) is 0 Å². The molecule has 1 aromatic heterocycles. The third kappa shape index (κ3) is 3.06. The minimum atomic E-state index is -4.59. The molecule has 0 spiro atoms. The average molecular weight is 325 g/mol. The van der Waals surface area contributed by atoms with Crippen molar-refractivity contribution in [3.63, 3.8) is 0 Å². The number of amides is 1. The maximum absolute atomic E-state index is 12.8. The molecule has 9 heteroatoms. The van der Waals surface area contributed by atoms with Gasteiger partial charge in [0.25, 0.3) is 0 Å². The van der Waals surface area contributed by atoms with Gasteiger partial charge in [-0.2, -0.15) is 13.2 Å². The molecule has 2 rings (SSSR count). The topological polar surface area (TPSA) is 73.7 Å². The van der Waals surface area contributed by atoms with Gasteiger partial charge in [-0.1, -0.05) is 11.6 Å². The molecule has 1 aliphatic heterocycles. The number of carboxylic acid groups (broad SMARTS) is 1. The molecule has 1 aromatic rings. The second-order valence-corrected chi connectivity index (χ2v) is 5.34. The van der Waals surface area contributed by atoms with Crippen molar-refractivity contribution in [1.82, 2.24) is 9.88 Å². The van der Waals surface area contributed by atoms with E-state index in [1.165, 1.54) is 0 Å². The fraction of sp³-hybridized carbons (Fsp3) is 0.500. The van der Waals surface area contributed by atoms with Gasteiger partial charge < -0.3 is 15.1 Å². The van der Waals surface area contributed by atoms with Crippen LogP contribution < -0.4 is 0 Å². The Morgan fingerprint density at radius 2 is 2.14 bits per heavy atom. The second kappa shape index (κ2) is 5.34. The number of likely N-dealkylation sites (tertiary alicyclic amines) is 1. The molecule has 1 amide bonds. The SMILES string of the molecule is O=C(O)N1CCC(CO)(c2cc(C(F)(F)F)cc(Cl)n2)C1. The molecule has 116 valence electrons. The van der Waals surface area contributed by atoms with E-state index in [1.54, 1.807) is 0 Å². The van der Waals surface area contributed by atoms with Crippen LogP contribution in [-0.2, 0) is 11.6 Å². The quantitative estimate of drug-likeness (QED) is 0.819. The monoisotopic (exact) mass is 324 g/mol. The first-order valence-electron chi connectivity index (χ1n) is 6.02. The van der Waals surface area contributed by atoms with Gasteiger partial charge in [-0.05, 0) is 18.6 Å². The summed E-state index contributed by atoms with van der Waals surface area (Å²) < 4.78 is 38.4. The lowest BCUT2D eigenvalue weighted by Gasteiger charge is -2.26. The number of aromatic nitrogens is 1. The molecule has 1 saturated heterocycles. The third-order valence-corrected chi connectivity index (χ3v) is 3.79. The van der Waals surface area contributed by atoms with E-state index in [4.69, 9.17) is 16.7 Å². The molecular weight excluding hydrogens is 313 g/mol. The Kier molecular flexibility index (Phi) is 4.03. The first-order valence-corrected chi connectivity index (χ1v) is 6.40. The van der Waals surface area contributed by atoms with Crippen LogP contribution in [-0.4, -0.2) is 45.9 Å². The molecule has 2 N–H and O–H groups in total. The number of aliphatic hydroxyl groups is 1. The Bertz CT molecular complexity index is 567. The number of nitrogens with zero attached hydrogens (tertiary/aromatic N) is 2. The van der Waals surface area contributed by atoms with Crippen LogP contribution in [0.4, 0.5) is 18.0 Å². The standard InChI is InChI=1S/C12H12ClF3N2O3/c13-9-4-7(12(14,15)16)3-8(17-9)11(6-19)1-2-18(5-11)10(20)21/h3-4,19H,1-2,5-6H2,(H,20,21). The molecule has 0 radical (unpaired) electrons. The van der Waals surface area contributed by atoms with Crippen molar-refractivity contribution < 1.29 is 28.2 Å². The fourth-order valence-corrected chi connectivity index (χ4v) is 2.60. The molecule has 1 fully saturated rings. The molecule has 5 nitrogen and oxygen atoms in total. The average Bonchev–Trinajstić information content (AvgIpc) is 2.83. The highest BCUT2D eigenvalue weighted by molar-refractivity contribution is 6.29.